The topological polar surface area (TPSA) is 52.2 Å². The number of nitrogens with one attached hydrogen (secondary N) is 1. The zero-order valence-corrected chi connectivity index (χ0v) is 9.59. The predicted octanol–water partition coefficient (Wildman–Crippen LogP) is -2.85. The first-order chi connectivity index (χ1) is 5.91. The van der Waals surface area contributed by atoms with Crippen molar-refractivity contribution < 1.29 is 28.8 Å². The van der Waals surface area contributed by atoms with Crippen LogP contribution in [0.2, 0.25) is 0 Å². The number of rotatable bonds is 1. The van der Waals surface area contributed by atoms with Crippen molar-refractivity contribution in [1.82, 2.24) is 5.32 Å². The Morgan fingerprint density at radius 1 is 1.36 bits per heavy atom. The Labute approximate surface area is 97.8 Å². The van der Waals surface area contributed by atoms with Crippen LogP contribution in [-0.2, 0) is 4.79 Å². The fourth-order valence-corrected chi connectivity index (χ4v) is 1.80. The van der Waals surface area contributed by atoms with Crippen LogP contribution >= 0.6 is 0 Å². The van der Waals surface area contributed by atoms with E-state index in [2.05, 4.69) is 26.1 Å². The molecule has 14 heavy (non-hydrogen) atoms. The Bertz CT molecular complexity index is 193. The van der Waals surface area contributed by atoms with Gasteiger partial charge in [-0.3, -0.25) is 0 Å². The van der Waals surface area contributed by atoms with E-state index in [-0.39, 0.29) is 30.2 Å². The fraction of sp³-hybridized carbons (Fsp3) is 0.900. The Hall–Kier alpha value is 0.0274. The molecule has 76 valence electrons. The fourth-order valence-electron chi connectivity index (χ4n) is 1.80. The van der Waals surface area contributed by atoms with Gasteiger partial charge in [0.15, 0.2) is 0 Å². The van der Waals surface area contributed by atoms with E-state index < -0.39 is 5.97 Å². The maximum absolute atomic E-state index is 10.6. The number of hydrogen-bond donors (Lipinski definition) is 1. The molecule has 1 aliphatic rings. The second kappa shape index (κ2) is 5.21. The molecule has 1 N–H and O–H groups in total. The van der Waals surface area contributed by atoms with E-state index in [1.165, 1.54) is 0 Å². The number of hydrogen-bond acceptors (Lipinski definition) is 3. The van der Waals surface area contributed by atoms with Gasteiger partial charge in [-0.2, -0.15) is 0 Å². The van der Waals surface area contributed by atoms with Crippen LogP contribution in [-0.4, -0.2) is 18.6 Å². The molecule has 2 unspecified atom stereocenters. The van der Waals surface area contributed by atoms with Crippen LogP contribution in [0.15, 0.2) is 0 Å². The van der Waals surface area contributed by atoms with Gasteiger partial charge < -0.3 is 15.2 Å². The Balaban J connectivity index is 0.00000169. The monoisotopic (exact) mass is 191 g/mol. The Morgan fingerprint density at radius 3 is 2.21 bits per heavy atom. The molecule has 0 bridgehead atoms. The summed E-state index contributed by atoms with van der Waals surface area (Å²) < 4.78 is 0. The van der Waals surface area contributed by atoms with Crippen molar-refractivity contribution in [2.24, 2.45) is 11.3 Å². The van der Waals surface area contributed by atoms with Crippen LogP contribution in [0.1, 0.15) is 33.6 Å². The standard InChI is InChI=1S/C10H19NO2.Li/c1-10(2,3)8-5-4-7(6-11-8)9(12)13;/h7-8,11H,4-6H2,1-3H3,(H,12,13);/q;+1/p-1. The van der Waals surface area contributed by atoms with Crippen LogP contribution in [0.4, 0.5) is 0 Å². The smallest absolute Gasteiger partial charge is 0.550 e. The van der Waals surface area contributed by atoms with Crippen molar-refractivity contribution in [3.63, 3.8) is 0 Å². The number of aliphatic carboxylic acids is 1. The second-order valence-corrected chi connectivity index (χ2v) is 4.92. The average molecular weight is 191 g/mol. The van der Waals surface area contributed by atoms with E-state index in [9.17, 15) is 9.90 Å². The molecule has 4 heteroatoms. The molecule has 1 heterocycles. The minimum atomic E-state index is -0.917. The summed E-state index contributed by atoms with van der Waals surface area (Å²) in [6.45, 7) is 7.07. The molecule has 0 aromatic heterocycles. The second-order valence-electron chi connectivity index (χ2n) is 4.92. The van der Waals surface area contributed by atoms with E-state index in [1.807, 2.05) is 0 Å². The van der Waals surface area contributed by atoms with Gasteiger partial charge >= 0.3 is 18.9 Å². The summed E-state index contributed by atoms with van der Waals surface area (Å²) in [5.41, 5.74) is 0.219. The molecule has 0 amide bonds. The molecule has 1 fully saturated rings. The first-order valence-corrected chi connectivity index (χ1v) is 4.85. The molecular formula is C10H18LiNO2. The zero-order chi connectivity index (χ0) is 10.1. The number of carboxylic acid groups (broad SMARTS) is 1. The van der Waals surface area contributed by atoms with Gasteiger partial charge in [0.2, 0.25) is 0 Å². The first-order valence-electron chi connectivity index (χ1n) is 4.85. The van der Waals surface area contributed by atoms with Gasteiger partial charge in [0, 0.05) is 24.5 Å². The molecule has 3 nitrogen and oxygen atoms in total. The molecule has 0 radical (unpaired) electrons. The SMILES string of the molecule is CC(C)(C)C1CCC(C(=O)[O-])CN1.[Li+]. The summed E-state index contributed by atoms with van der Waals surface area (Å²) in [5, 5.41) is 13.8. The summed E-state index contributed by atoms with van der Waals surface area (Å²) in [6.07, 6.45) is 1.68. The third-order valence-corrected chi connectivity index (χ3v) is 2.79. The van der Waals surface area contributed by atoms with Crippen molar-refractivity contribution in [2.75, 3.05) is 6.54 Å². The van der Waals surface area contributed by atoms with E-state index in [0.717, 1.165) is 12.8 Å². The summed E-state index contributed by atoms with van der Waals surface area (Å²) in [5.74, 6) is -1.21. The molecule has 2 atom stereocenters. The van der Waals surface area contributed by atoms with Crippen molar-refractivity contribution in [2.45, 2.75) is 39.7 Å². The molecule has 0 aromatic carbocycles. The molecule has 0 aromatic rings. The third-order valence-electron chi connectivity index (χ3n) is 2.79. The number of piperidine rings is 1. The quantitative estimate of drug-likeness (QED) is 0.454. The molecule has 1 rings (SSSR count). The van der Waals surface area contributed by atoms with Gasteiger partial charge in [-0.25, -0.2) is 0 Å². The maximum Gasteiger partial charge on any atom is 1.00 e. The zero-order valence-electron chi connectivity index (χ0n) is 9.59. The van der Waals surface area contributed by atoms with Crippen LogP contribution in [0, 0.1) is 11.3 Å². The van der Waals surface area contributed by atoms with E-state index in [4.69, 9.17) is 0 Å². The normalized spacial score (nSPS) is 27.9. The summed E-state index contributed by atoms with van der Waals surface area (Å²) in [4.78, 5) is 10.6. The van der Waals surface area contributed by atoms with E-state index in [0.29, 0.717) is 12.6 Å². The van der Waals surface area contributed by atoms with E-state index in [1.54, 1.807) is 0 Å². The van der Waals surface area contributed by atoms with Crippen molar-refractivity contribution in [1.29, 1.82) is 0 Å². The van der Waals surface area contributed by atoms with Crippen molar-refractivity contribution in [3.05, 3.63) is 0 Å². The number of carbonyl (C=O) groups is 1. The van der Waals surface area contributed by atoms with Crippen LogP contribution in [0.5, 0.6) is 0 Å². The molecule has 0 saturated carbocycles. The van der Waals surface area contributed by atoms with Crippen LogP contribution in [0.25, 0.3) is 0 Å². The van der Waals surface area contributed by atoms with Gasteiger partial charge in [-0.15, -0.1) is 0 Å². The molecule has 1 saturated heterocycles. The third kappa shape index (κ3) is 3.65. The Morgan fingerprint density at radius 2 is 1.93 bits per heavy atom. The van der Waals surface area contributed by atoms with Gasteiger partial charge in [-0.05, 0) is 18.3 Å². The van der Waals surface area contributed by atoms with Gasteiger partial charge in [0.25, 0.3) is 0 Å². The molecule has 1 aliphatic heterocycles. The predicted molar refractivity (Wildman–Crippen MR) is 49.0 cm³/mol. The van der Waals surface area contributed by atoms with Crippen molar-refractivity contribution in [3.8, 4) is 0 Å². The molecule has 0 spiro atoms. The minimum absolute atomic E-state index is 0. The number of carboxylic acids is 1. The first kappa shape index (κ1) is 14.0. The summed E-state index contributed by atoms with van der Waals surface area (Å²) in [7, 11) is 0. The molecular weight excluding hydrogens is 173 g/mol. The minimum Gasteiger partial charge on any atom is -0.550 e. The summed E-state index contributed by atoms with van der Waals surface area (Å²) >= 11 is 0. The van der Waals surface area contributed by atoms with Crippen molar-refractivity contribution >= 4 is 5.97 Å². The van der Waals surface area contributed by atoms with Gasteiger partial charge in [0.05, 0.1) is 0 Å². The number of carbonyl (C=O) groups excluding carboxylic acids is 1. The maximum atomic E-state index is 10.6. The summed E-state index contributed by atoms with van der Waals surface area (Å²) in [6, 6.07) is 0.433. The van der Waals surface area contributed by atoms with Gasteiger partial charge in [-0.1, -0.05) is 20.8 Å². The van der Waals surface area contributed by atoms with E-state index >= 15 is 0 Å². The largest absolute Gasteiger partial charge is 1.00 e. The molecule has 0 aliphatic carbocycles. The Kier molecular flexibility index (Phi) is 5.22. The van der Waals surface area contributed by atoms with Crippen LogP contribution < -0.4 is 29.3 Å². The van der Waals surface area contributed by atoms with Crippen LogP contribution in [0.3, 0.4) is 0 Å². The van der Waals surface area contributed by atoms with Gasteiger partial charge in [0.1, 0.15) is 0 Å². The average Bonchev–Trinajstić information content (AvgIpc) is 2.03.